The summed E-state index contributed by atoms with van der Waals surface area (Å²) in [6, 6.07) is 0.929. The van der Waals surface area contributed by atoms with Crippen LogP contribution in [-0.4, -0.2) is 39.8 Å². The van der Waals surface area contributed by atoms with E-state index in [0.29, 0.717) is 23.6 Å². The van der Waals surface area contributed by atoms with Crippen molar-refractivity contribution in [3.05, 3.63) is 29.1 Å². The van der Waals surface area contributed by atoms with E-state index in [4.69, 9.17) is 5.73 Å². The van der Waals surface area contributed by atoms with Crippen LogP contribution < -0.4 is 11.1 Å². The van der Waals surface area contributed by atoms with Gasteiger partial charge in [0.05, 0.1) is 16.9 Å². The maximum absolute atomic E-state index is 12.6. The fourth-order valence-corrected chi connectivity index (χ4v) is 4.94. The number of primary amides is 1. The molecule has 2 amide bonds. The Bertz CT molecular complexity index is 800. The van der Waals surface area contributed by atoms with Crippen LogP contribution in [0.25, 0.3) is 6.08 Å². The van der Waals surface area contributed by atoms with Gasteiger partial charge in [0, 0.05) is 42.2 Å². The second-order valence-electron chi connectivity index (χ2n) is 8.10. The third-order valence-electron chi connectivity index (χ3n) is 6.32. The van der Waals surface area contributed by atoms with E-state index in [2.05, 4.69) is 21.3 Å². The summed E-state index contributed by atoms with van der Waals surface area (Å²) in [4.78, 5) is 31.1. The van der Waals surface area contributed by atoms with E-state index < -0.39 is 5.91 Å². The molecule has 6 heteroatoms. The molecule has 2 aliphatic heterocycles. The van der Waals surface area contributed by atoms with Gasteiger partial charge in [-0.1, -0.05) is 12.2 Å². The number of nitrogens with two attached hydrogens (primary N) is 1. The predicted molar refractivity (Wildman–Crippen MR) is 98.5 cm³/mol. The molecule has 5 rings (SSSR count). The fraction of sp³-hybridized carbons (Fsp3) is 0.550. The van der Waals surface area contributed by atoms with Crippen molar-refractivity contribution in [2.75, 3.05) is 5.32 Å². The largest absolute Gasteiger partial charge is 0.381 e. The van der Waals surface area contributed by atoms with Gasteiger partial charge in [-0.3, -0.25) is 14.6 Å². The summed E-state index contributed by atoms with van der Waals surface area (Å²) in [5.74, 6) is 0.214. The number of piperidine rings is 1. The van der Waals surface area contributed by atoms with Gasteiger partial charge in [-0.05, 0) is 38.5 Å². The van der Waals surface area contributed by atoms with Gasteiger partial charge < -0.3 is 16.0 Å². The van der Waals surface area contributed by atoms with E-state index in [1.807, 2.05) is 6.08 Å². The summed E-state index contributed by atoms with van der Waals surface area (Å²) < 4.78 is 0. The van der Waals surface area contributed by atoms with E-state index in [1.165, 1.54) is 0 Å². The van der Waals surface area contributed by atoms with Crippen LogP contribution in [-0.2, 0) is 11.2 Å². The molecule has 0 radical (unpaired) electrons. The standard InChI is InChI=1S/C20H24N4O2/c21-19(25)16-10-22-17-3-1-2-15(17)18(16)23-12-8-13-6-7-14(9-12)24(13)20(26)11-4-5-11/h1-2,10-14H,3-9H2,(H2,21,25)(H,22,23)/t13-,14-/m0/s1. The summed E-state index contributed by atoms with van der Waals surface area (Å²) in [6.07, 6.45) is 12.7. The highest BCUT2D eigenvalue weighted by atomic mass is 16.2. The van der Waals surface area contributed by atoms with Gasteiger partial charge in [-0.2, -0.15) is 0 Å². The van der Waals surface area contributed by atoms with Crippen LogP contribution in [0, 0.1) is 5.92 Å². The minimum atomic E-state index is -0.451. The van der Waals surface area contributed by atoms with Gasteiger partial charge in [0.2, 0.25) is 5.91 Å². The Balaban J connectivity index is 1.39. The number of hydrogen-bond donors (Lipinski definition) is 2. The number of nitrogens with one attached hydrogen (secondary N) is 1. The number of carbonyl (C=O) groups is 2. The average molecular weight is 352 g/mol. The van der Waals surface area contributed by atoms with Gasteiger partial charge in [0.15, 0.2) is 0 Å². The Morgan fingerprint density at radius 3 is 2.54 bits per heavy atom. The molecule has 26 heavy (non-hydrogen) atoms. The van der Waals surface area contributed by atoms with E-state index >= 15 is 0 Å². The van der Waals surface area contributed by atoms with Gasteiger partial charge in [0.1, 0.15) is 0 Å². The van der Waals surface area contributed by atoms with Gasteiger partial charge >= 0.3 is 0 Å². The molecule has 136 valence electrons. The number of rotatable bonds is 4. The molecular formula is C20H24N4O2. The summed E-state index contributed by atoms with van der Waals surface area (Å²) in [6.45, 7) is 0. The summed E-state index contributed by atoms with van der Waals surface area (Å²) in [5.41, 5.74) is 8.84. The third-order valence-corrected chi connectivity index (χ3v) is 6.32. The van der Waals surface area contributed by atoms with Crippen molar-refractivity contribution in [3.8, 4) is 0 Å². The number of fused-ring (bicyclic) bond motifs is 3. The van der Waals surface area contributed by atoms with Crippen LogP contribution in [0.4, 0.5) is 5.69 Å². The molecule has 0 spiro atoms. The molecule has 0 aromatic carbocycles. The number of amides is 2. The first-order valence-electron chi connectivity index (χ1n) is 9.68. The minimum absolute atomic E-state index is 0.259. The minimum Gasteiger partial charge on any atom is -0.381 e. The quantitative estimate of drug-likeness (QED) is 0.868. The third kappa shape index (κ3) is 2.50. The van der Waals surface area contributed by atoms with Crippen LogP contribution in [0.15, 0.2) is 12.3 Å². The van der Waals surface area contributed by atoms with Crippen molar-refractivity contribution in [2.45, 2.75) is 63.1 Å². The lowest BCUT2D eigenvalue weighted by Gasteiger charge is -2.40. The lowest BCUT2D eigenvalue weighted by molar-refractivity contribution is -0.137. The smallest absolute Gasteiger partial charge is 0.252 e. The lowest BCUT2D eigenvalue weighted by atomic mass is 9.95. The van der Waals surface area contributed by atoms with Crippen molar-refractivity contribution >= 4 is 23.6 Å². The number of anilines is 1. The number of hydrogen-bond acceptors (Lipinski definition) is 4. The van der Waals surface area contributed by atoms with Crippen LogP contribution in [0.2, 0.25) is 0 Å². The normalized spacial score (nSPS) is 28.9. The van der Waals surface area contributed by atoms with Crippen molar-refractivity contribution in [3.63, 3.8) is 0 Å². The van der Waals surface area contributed by atoms with Crippen molar-refractivity contribution in [1.82, 2.24) is 9.88 Å². The highest BCUT2D eigenvalue weighted by Crippen LogP contribution is 2.42. The first-order chi connectivity index (χ1) is 12.6. The molecule has 2 atom stereocenters. The second-order valence-corrected chi connectivity index (χ2v) is 8.10. The monoisotopic (exact) mass is 352 g/mol. The zero-order valence-electron chi connectivity index (χ0n) is 14.8. The van der Waals surface area contributed by atoms with E-state index in [-0.39, 0.29) is 12.0 Å². The molecule has 1 aromatic rings. The SMILES string of the molecule is NC(=O)c1cnc2c(c1NC1C[C@@H]3CC[C@@H](C1)N3C(=O)C1CC1)C=CC2. The van der Waals surface area contributed by atoms with Crippen LogP contribution in [0.1, 0.15) is 60.1 Å². The lowest BCUT2D eigenvalue weighted by Crippen LogP contribution is -2.50. The van der Waals surface area contributed by atoms with Crippen LogP contribution in [0.5, 0.6) is 0 Å². The van der Waals surface area contributed by atoms with Gasteiger partial charge in [-0.15, -0.1) is 0 Å². The highest BCUT2D eigenvalue weighted by Gasteiger charge is 2.47. The van der Waals surface area contributed by atoms with Crippen LogP contribution in [0.3, 0.4) is 0 Å². The summed E-state index contributed by atoms with van der Waals surface area (Å²) >= 11 is 0. The zero-order chi connectivity index (χ0) is 17.8. The molecule has 0 unspecified atom stereocenters. The number of carbonyl (C=O) groups excluding carboxylic acids is 2. The molecule has 2 bridgehead atoms. The number of aromatic nitrogens is 1. The molecular weight excluding hydrogens is 328 g/mol. The predicted octanol–water partition coefficient (Wildman–Crippen LogP) is 2.09. The Labute approximate surface area is 152 Å². The average Bonchev–Trinajstić information content (AvgIpc) is 3.29. The maximum atomic E-state index is 12.6. The molecule has 3 fully saturated rings. The van der Waals surface area contributed by atoms with E-state index in [1.54, 1.807) is 6.20 Å². The molecule has 6 nitrogen and oxygen atoms in total. The first kappa shape index (κ1) is 15.9. The Hall–Kier alpha value is -2.37. The summed E-state index contributed by atoms with van der Waals surface area (Å²) in [7, 11) is 0. The Morgan fingerprint density at radius 2 is 1.88 bits per heavy atom. The number of pyridine rings is 1. The first-order valence-corrected chi connectivity index (χ1v) is 9.68. The number of allylic oxidation sites excluding steroid dienone is 1. The van der Waals surface area contributed by atoms with Gasteiger partial charge in [0.25, 0.3) is 5.91 Å². The number of nitrogens with zero attached hydrogens (tertiary/aromatic N) is 2. The van der Waals surface area contributed by atoms with Crippen molar-refractivity contribution in [2.24, 2.45) is 11.7 Å². The van der Waals surface area contributed by atoms with Crippen molar-refractivity contribution in [1.29, 1.82) is 0 Å². The fourth-order valence-electron chi connectivity index (χ4n) is 4.94. The molecule has 3 heterocycles. The molecule has 3 N–H and O–H groups in total. The molecule has 4 aliphatic rings. The Kier molecular flexibility index (Phi) is 3.55. The van der Waals surface area contributed by atoms with Gasteiger partial charge in [-0.25, -0.2) is 0 Å². The highest BCUT2D eigenvalue weighted by molar-refractivity contribution is 6.00. The maximum Gasteiger partial charge on any atom is 0.252 e. The summed E-state index contributed by atoms with van der Waals surface area (Å²) in [5, 5.41) is 3.61. The molecule has 2 aliphatic carbocycles. The van der Waals surface area contributed by atoms with E-state index in [0.717, 1.165) is 61.9 Å². The molecule has 1 aromatic heterocycles. The van der Waals surface area contributed by atoms with Crippen LogP contribution >= 0.6 is 0 Å². The zero-order valence-corrected chi connectivity index (χ0v) is 14.8. The molecule has 1 saturated carbocycles. The topological polar surface area (TPSA) is 88.3 Å². The molecule has 2 saturated heterocycles. The van der Waals surface area contributed by atoms with E-state index in [9.17, 15) is 9.59 Å². The Morgan fingerprint density at radius 1 is 1.15 bits per heavy atom. The van der Waals surface area contributed by atoms with Crippen molar-refractivity contribution < 1.29 is 9.59 Å². The second kappa shape index (κ2) is 5.83.